The number of halogens is 1. The van der Waals surface area contributed by atoms with Gasteiger partial charge < -0.3 is 4.74 Å². The van der Waals surface area contributed by atoms with E-state index in [0.29, 0.717) is 21.9 Å². The van der Waals surface area contributed by atoms with Crippen molar-refractivity contribution >= 4 is 23.2 Å². The van der Waals surface area contributed by atoms with Gasteiger partial charge in [0.25, 0.3) is 5.56 Å². The zero-order chi connectivity index (χ0) is 16.4. The van der Waals surface area contributed by atoms with Crippen LogP contribution in [-0.2, 0) is 11.3 Å². The minimum absolute atomic E-state index is 0.0679. The van der Waals surface area contributed by atoms with Gasteiger partial charge >= 0.3 is 5.97 Å². The number of carbonyl (C=O) groups excluding carboxylic acids is 1. The highest BCUT2D eigenvalue weighted by molar-refractivity contribution is 6.30. The molecule has 0 spiro atoms. The molecule has 23 heavy (non-hydrogen) atoms. The minimum Gasteiger partial charge on any atom is -0.456 e. The number of hydrogen-bond acceptors (Lipinski definition) is 4. The number of ether oxygens (including phenoxy) is 1. The van der Waals surface area contributed by atoms with Gasteiger partial charge in [0.05, 0.1) is 11.3 Å². The molecule has 0 aliphatic rings. The van der Waals surface area contributed by atoms with Crippen LogP contribution >= 0.6 is 11.6 Å². The lowest BCUT2D eigenvalue weighted by Crippen LogP contribution is -2.17. The molecule has 116 valence electrons. The van der Waals surface area contributed by atoms with E-state index < -0.39 is 5.97 Å². The highest BCUT2D eigenvalue weighted by atomic mass is 35.5. The fourth-order valence-corrected chi connectivity index (χ4v) is 2.32. The number of carbonyl (C=O) groups is 1. The van der Waals surface area contributed by atoms with Crippen molar-refractivity contribution in [2.75, 3.05) is 0 Å². The average molecular weight is 329 g/mol. The van der Waals surface area contributed by atoms with E-state index >= 15 is 0 Å². The lowest BCUT2D eigenvalue weighted by molar-refractivity contribution is 0.0467. The Morgan fingerprint density at radius 2 is 2.00 bits per heavy atom. The summed E-state index contributed by atoms with van der Waals surface area (Å²) in [4.78, 5) is 28.4. The minimum atomic E-state index is -0.492. The van der Waals surface area contributed by atoms with E-state index in [-0.39, 0.29) is 12.2 Å². The summed E-state index contributed by atoms with van der Waals surface area (Å²) >= 11 is 5.78. The van der Waals surface area contributed by atoms with Crippen LogP contribution in [0.5, 0.6) is 0 Å². The number of aryl methyl sites for hydroxylation is 1. The van der Waals surface area contributed by atoms with E-state index in [1.165, 1.54) is 10.5 Å². The quantitative estimate of drug-likeness (QED) is 0.693. The van der Waals surface area contributed by atoms with Crippen LogP contribution < -0.4 is 5.56 Å². The Hall–Kier alpha value is -2.66. The van der Waals surface area contributed by atoms with Gasteiger partial charge in [-0.2, -0.15) is 0 Å². The van der Waals surface area contributed by atoms with Crippen LogP contribution in [0.4, 0.5) is 0 Å². The Kier molecular flexibility index (Phi) is 4.12. The van der Waals surface area contributed by atoms with Crippen molar-refractivity contribution in [2.24, 2.45) is 0 Å². The van der Waals surface area contributed by atoms with Crippen molar-refractivity contribution in [1.29, 1.82) is 0 Å². The Bertz CT molecular complexity index is 933. The van der Waals surface area contributed by atoms with E-state index in [1.807, 2.05) is 13.0 Å². The van der Waals surface area contributed by atoms with Gasteiger partial charge in [-0.25, -0.2) is 9.78 Å². The molecule has 1 aromatic carbocycles. The number of rotatable bonds is 3. The molecule has 0 N–H and O–H groups in total. The van der Waals surface area contributed by atoms with E-state index in [0.717, 1.165) is 5.56 Å². The van der Waals surface area contributed by atoms with Crippen molar-refractivity contribution in [3.8, 4) is 0 Å². The van der Waals surface area contributed by atoms with Crippen LogP contribution in [0.2, 0.25) is 5.02 Å². The molecule has 0 amide bonds. The Morgan fingerprint density at radius 1 is 1.26 bits per heavy atom. The van der Waals surface area contributed by atoms with E-state index in [9.17, 15) is 9.59 Å². The number of benzene rings is 1. The molecule has 0 unspecified atom stereocenters. The molecule has 0 saturated heterocycles. The maximum Gasteiger partial charge on any atom is 0.338 e. The van der Waals surface area contributed by atoms with Crippen molar-refractivity contribution in [2.45, 2.75) is 13.5 Å². The smallest absolute Gasteiger partial charge is 0.338 e. The predicted octanol–water partition coefficient (Wildman–Crippen LogP) is 3.01. The molecule has 0 fully saturated rings. The zero-order valence-corrected chi connectivity index (χ0v) is 13.1. The molecule has 0 atom stereocenters. The standard InChI is InChI=1S/C17H13ClN2O3/c1-11-3-2-8-20-15(21)9-14(19-16(11)20)10-23-17(22)12-4-6-13(18)7-5-12/h2-9H,10H2,1H3. The van der Waals surface area contributed by atoms with E-state index in [2.05, 4.69) is 4.98 Å². The summed E-state index contributed by atoms with van der Waals surface area (Å²) in [6.45, 7) is 1.80. The first kappa shape index (κ1) is 15.2. The lowest BCUT2D eigenvalue weighted by atomic mass is 10.2. The van der Waals surface area contributed by atoms with Crippen molar-refractivity contribution < 1.29 is 9.53 Å². The topological polar surface area (TPSA) is 60.7 Å². The summed E-state index contributed by atoms with van der Waals surface area (Å²) < 4.78 is 6.66. The highest BCUT2D eigenvalue weighted by Crippen LogP contribution is 2.11. The van der Waals surface area contributed by atoms with Gasteiger partial charge in [-0.15, -0.1) is 0 Å². The van der Waals surface area contributed by atoms with Crippen LogP contribution in [0.1, 0.15) is 21.6 Å². The van der Waals surface area contributed by atoms with Gasteiger partial charge in [0.15, 0.2) is 0 Å². The largest absolute Gasteiger partial charge is 0.456 e. The first-order chi connectivity index (χ1) is 11.0. The third-order valence-electron chi connectivity index (χ3n) is 3.37. The molecule has 0 aliphatic carbocycles. The molecule has 0 radical (unpaired) electrons. The fraction of sp³-hybridized carbons (Fsp3) is 0.118. The molecular weight excluding hydrogens is 316 g/mol. The highest BCUT2D eigenvalue weighted by Gasteiger charge is 2.09. The van der Waals surface area contributed by atoms with Gasteiger partial charge in [-0.3, -0.25) is 9.20 Å². The van der Waals surface area contributed by atoms with Gasteiger partial charge in [-0.1, -0.05) is 17.7 Å². The second kappa shape index (κ2) is 6.22. The second-order valence-corrected chi connectivity index (χ2v) is 5.49. The molecule has 0 aliphatic heterocycles. The Labute approximate surface area is 137 Å². The Morgan fingerprint density at radius 3 is 2.74 bits per heavy atom. The summed E-state index contributed by atoms with van der Waals surface area (Å²) in [6, 6.07) is 11.4. The van der Waals surface area contributed by atoms with Crippen LogP contribution in [0.15, 0.2) is 53.5 Å². The molecule has 0 saturated carbocycles. The molecule has 2 heterocycles. The molecule has 6 heteroatoms. The third-order valence-corrected chi connectivity index (χ3v) is 3.62. The second-order valence-electron chi connectivity index (χ2n) is 5.05. The van der Waals surface area contributed by atoms with Crippen molar-refractivity contribution in [3.05, 3.63) is 80.9 Å². The molecule has 3 aromatic rings. The number of hydrogen-bond donors (Lipinski definition) is 0. The first-order valence-electron chi connectivity index (χ1n) is 6.95. The van der Waals surface area contributed by atoms with Gasteiger partial charge in [0, 0.05) is 17.3 Å². The summed E-state index contributed by atoms with van der Waals surface area (Å²) in [7, 11) is 0. The summed E-state index contributed by atoms with van der Waals surface area (Å²) in [5, 5.41) is 0.543. The normalized spacial score (nSPS) is 10.7. The number of fused-ring (bicyclic) bond motifs is 1. The predicted molar refractivity (Wildman–Crippen MR) is 86.8 cm³/mol. The van der Waals surface area contributed by atoms with Crippen LogP contribution in [0.3, 0.4) is 0 Å². The number of nitrogens with zero attached hydrogens (tertiary/aromatic N) is 2. The van der Waals surface area contributed by atoms with Gasteiger partial charge in [0.1, 0.15) is 12.3 Å². The third kappa shape index (κ3) is 3.24. The summed E-state index contributed by atoms with van der Waals surface area (Å²) in [6.07, 6.45) is 1.65. The maximum absolute atomic E-state index is 12.1. The van der Waals surface area contributed by atoms with Crippen LogP contribution in [-0.4, -0.2) is 15.4 Å². The first-order valence-corrected chi connectivity index (χ1v) is 7.33. The van der Waals surface area contributed by atoms with Crippen LogP contribution in [0.25, 0.3) is 5.65 Å². The summed E-state index contributed by atoms with van der Waals surface area (Å²) in [5.41, 5.74) is 2.01. The Balaban J connectivity index is 1.82. The maximum atomic E-state index is 12.1. The number of esters is 1. The lowest BCUT2D eigenvalue weighted by Gasteiger charge is -2.07. The van der Waals surface area contributed by atoms with E-state index in [1.54, 1.807) is 36.5 Å². The van der Waals surface area contributed by atoms with Crippen LogP contribution in [0, 0.1) is 6.92 Å². The fourth-order valence-electron chi connectivity index (χ4n) is 2.19. The van der Waals surface area contributed by atoms with Crippen molar-refractivity contribution in [3.63, 3.8) is 0 Å². The van der Waals surface area contributed by atoms with Gasteiger partial charge in [-0.05, 0) is 42.8 Å². The average Bonchev–Trinajstić information content (AvgIpc) is 2.54. The summed E-state index contributed by atoms with van der Waals surface area (Å²) in [5.74, 6) is -0.492. The monoisotopic (exact) mass is 328 g/mol. The number of aromatic nitrogens is 2. The van der Waals surface area contributed by atoms with Gasteiger partial charge in [0.2, 0.25) is 0 Å². The molecule has 5 nitrogen and oxygen atoms in total. The number of pyridine rings is 1. The van der Waals surface area contributed by atoms with Crippen molar-refractivity contribution in [1.82, 2.24) is 9.38 Å². The molecular formula is C17H13ClN2O3. The zero-order valence-electron chi connectivity index (χ0n) is 12.3. The molecule has 3 rings (SSSR count). The van der Waals surface area contributed by atoms with E-state index in [4.69, 9.17) is 16.3 Å². The SMILES string of the molecule is Cc1cccn2c(=O)cc(COC(=O)c3ccc(Cl)cc3)nc12. The molecule has 0 bridgehead atoms. The molecule has 2 aromatic heterocycles.